The van der Waals surface area contributed by atoms with Gasteiger partial charge in [-0.05, 0) is 18.9 Å². The van der Waals surface area contributed by atoms with Crippen molar-refractivity contribution >= 4 is 5.91 Å². The van der Waals surface area contributed by atoms with E-state index < -0.39 is 6.10 Å². The van der Waals surface area contributed by atoms with Gasteiger partial charge in [0.05, 0.1) is 6.10 Å². The highest BCUT2D eigenvalue weighted by molar-refractivity contribution is 5.76. The molecule has 0 radical (unpaired) electrons. The molecule has 1 fully saturated rings. The van der Waals surface area contributed by atoms with Crippen LogP contribution in [0.2, 0.25) is 0 Å². The molecule has 1 aliphatic heterocycles. The number of hydrogen-bond donors (Lipinski definition) is 1. The molecular formula is C13H18N2O3. The van der Waals surface area contributed by atoms with E-state index in [-0.39, 0.29) is 11.5 Å². The summed E-state index contributed by atoms with van der Waals surface area (Å²) in [4.78, 5) is 25.1. The second-order valence-electron chi connectivity index (χ2n) is 4.62. The van der Waals surface area contributed by atoms with Crippen LogP contribution in [0, 0.1) is 0 Å². The van der Waals surface area contributed by atoms with Gasteiger partial charge in [0, 0.05) is 38.3 Å². The Hall–Kier alpha value is -1.62. The van der Waals surface area contributed by atoms with E-state index in [1.54, 1.807) is 23.2 Å². The number of likely N-dealkylation sites (tertiary alicyclic amines) is 1. The van der Waals surface area contributed by atoms with Crippen LogP contribution in [0.25, 0.3) is 0 Å². The van der Waals surface area contributed by atoms with Crippen molar-refractivity contribution in [1.82, 2.24) is 9.47 Å². The van der Waals surface area contributed by atoms with Crippen molar-refractivity contribution in [2.45, 2.75) is 31.9 Å². The number of carbonyl (C=O) groups excluding carboxylic acids is 1. The predicted octanol–water partition coefficient (Wildman–Crippen LogP) is 0.222. The molecule has 1 amide bonds. The summed E-state index contributed by atoms with van der Waals surface area (Å²) in [7, 11) is 0. The van der Waals surface area contributed by atoms with E-state index in [0.29, 0.717) is 26.1 Å². The van der Waals surface area contributed by atoms with Gasteiger partial charge in [-0.1, -0.05) is 6.07 Å². The Morgan fingerprint density at radius 2 is 2.28 bits per heavy atom. The van der Waals surface area contributed by atoms with E-state index in [1.807, 2.05) is 0 Å². The fraction of sp³-hybridized carbons (Fsp3) is 0.538. The second kappa shape index (κ2) is 5.82. The topological polar surface area (TPSA) is 62.5 Å². The zero-order valence-corrected chi connectivity index (χ0v) is 10.3. The molecule has 0 aromatic carbocycles. The lowest BCUT2D eigenvalue weighted by Crippen LogP contribution is -2.42. The quantitative estimate of drug-likeness (QED) is 0.835. The number of piperidine rings is 1. The number of aromatic nitrogens is 1. The molecule has 0 spiro atoms. The molecule has 5 nitrogen and oxygen atoms in total. The SMILES string of the molecule is O=C(CCn1ccccc1=O)N1CCC[C@H](O)C1. The van der Waals surface area contributed by atoms with Crippen molar-refractivity contribution < 1.29 is 9.90 Å². The Morgan fingerprint density at radius 1 is 1.44 bits per heavy atom. The van der Waals surface area contributed by atoms with E-state index in [1.165, 1.54) is 10.6 Å². The van der Waals surface area contributed by atoms with Gasteiger partial charge in [-0.2, -0.15) is 0 Å². The third kappa shape index (κ3) is 3.20. The van der Waals surface area contributed by atoms with Crippen molar-refractivity contribution in [3.8, 4) is 0 Å². The lowest BCUT2D eigenvalue weighted by molar-refractivity contribution is -0.134. The molecule has 98 valence electrons. The maximum atomic E-state index is 11.9. The molecule has 2 rings (SSSR count). The Balaban J connectivity index is 1.88. The van der Waals surface area contributed by atoms with Gasteiger partial charge in [0.2, 0.25) is 5.91 Å². The van der Waals surface area contributed by atoms with Crippen LogP contribution in [0.4, 0.5) is 0 Å². The number of nitrogens with zero attached hydrogens (tertiary/aromatic N) is 2. The normalized spacial score (nSPS) is 19.8. The first-order chi connectivity index (χ1) is 8.66. The number of aliphatic hydroxyl groups is 1. The van der Waals surface area contributed by atoms with Crippen LogP contribution in [0.3, 0.4) is 0 Å². The number of pyridine rings is 1. The number of hydrogen-bond acceptors (Lipinski definition) is 3. The zero-order valence-electron chi connectivity index (χ0n) is 10.3. The Kier molecular flexibility index (Phi) is 4.15. The maximum absolute atomic E-state index is 11.9. The van der Waals surface area contributed by atoms with E-state index in [0.717, 1.165) is 12.8 Å². The minimum atomic E-state index is -0.401. The van der Waals surface area contributed by atoms with Crippen LogP contribution in [0.5, 0.6) is 0 Å². The highest BCUT2D eigenvalue weighted by atomic mass is 16.3. The highest BCUT2D eigenvalue weighted by Gasteiger charge is 2.21. The monoisotopic (exact) mass is 250 g/mol. The predicted molar refractivity (Wildman–Crippen MR) is 67.1 cm³/mol. The molecule has 0 saturated carbocycles. The van der Waals surface area contributed by atoms with Gasteiger partial charge in [0.1, 0.15) is 0 Å². The lowest BCUT2D eigenvalue weighted by Gasteiger charge is -2.30. The van der Waals surface area contributed by atoms with Crippen molar-refractivity contribution in [1.29, 1.82) is 0 Å². The fourth-order valence-electron chi connectivity index (χ4n) is 2.20. The second-order valence-corrected chi connectivity index (χ2v) is 4.62. The van der Waals surface area contributed by atoms with Gasteiger partial charge in [-0.25, -0.2) is 0 Å². The van der Waals surface area contributed by atoms with Crippen LogP contribution in [0.1, 0.15) is 19.3 Å². The first kappa shape index (κ1) is 12.8. The van der Waals surface area contributed by atoms with Gasteiger partial charge in [-0.3, -0.25) is 9.59 Å². The van der Waals surface area contributed by atoms with Crippen LogP contribution < -0.4 is 5.56 Å². The molecule has 2 heterocycles. The van der Waals surface area contributed by atoms with Gasteiger partial charge in [-0.15, -0.1) is 0 Å². The maximum Gasteiger partial charge on any atom is 0.250 e. The molecule has 1 aromatic rings. The van der Waals surface area contributed by atoms with E-state index in [9.17, 15) is 14.7 Å². The van der Waals surface area contributed by atoms with Gasteiger partial charge >= 0.3 is 0 Å². The van der Waals surface area contributed by atoms with Crippen molar-refractivity contribution in [3.63, 3.8) is 0 Å². The van der Waals surface area contributed by atoms with E-state index in [2.05, 4.69) is 0 Å². The summed E-state index contributed by atoms with van der Waals surface area (Å²) in [5, 5.41) is 9.51. The molecule has 0 unspecified atom stereocenters. The molecule has 1 saturated heterocycles. The van der Waals surface area contributed by atoms with E-state index in [4.69, 9.17) is 0 Å². The summed E-state index contributed by atoms with van der Waals surface area (Å²) in [5.74, 6) is 0.00417. The number of rotatable bonds is 3. The summed E-state index contributed by atoms with van der Waals surface area (Å²) in [6.07, 6.45) is 3.19. The average Bonchev–Trinajstić information content (AvgIpc) is 2.37. The number of aryl methyl sites for hydroxylation is 1. The largest absolute Gasteiger partial charge is 0.391 e. The van der Waals surface area contributed by atoms with Crippen molar-refractivity contribution in [3.05, 3.63) is 34.7 Å². The minimum Gasteiger partial charge on any atom is -0.391 e. The molecule has 0 aliphatic carbocycles. The Morgan fingerprint density at radius 3 is 3.00 bits per heavy atom. The number of amides is 1. The van der Waals surface area contributed by atoms with Crippen molar-refractivity contribution in [2.24, 2.45) is 0 Å². The Bertz CT molecular complexity index is 469. The molecule has 5 heteroatoms. The summed E-state index contributed by atoms with van der Waals surface area (Å²) in [6.45, 7) is 1.52. The highest BCUT2D eigenvalue weighted by Crippen LogP contribution is 2.11. The summed E-state index contributed by atoms with van der Waals surface area (Å²) >= 11 is 0. The molecule has 0 bridgehead atoms. The lowest BCUT2D eigenvalue weighted by atomic mass is 10.1. The summed E-state index contributed by atoms with van der Waals surface area (Å²) in [5.41, 5.74) is -0.0935. The van der Waals surface area contributed by atoms with Crippen molar-refractivity contribution in [2.75, 3.05) is 13.1 Å². The first-order valence-electron chi connectivity index (χ1n) is 6.28. The average molecular weight is 250 g/mol. The third-order valence-electron chi connectivity index (χ3n) is 3.21. The fourth-order valence-corrected chi connectivity index (χ4v) is 2.20. The van der Waals surface area contributed by atoms with Crippen LogP contribution in [-0.4, -0.2) is 39.7 Å². The first-order valence-corrected chi connectivity index (χ1v) is 6.28. The van der Waals surface area contributed by atoms with Gasteiger partial charge in [0.15, 0.2) is 0 Å². The Labute approximate surface area is 106 Å². The molecule has 1 atom stereocenters. The molecule has 1 aliphatic rings. The van der Waals surface area contributed by atoms with Crippen LogP contribution in [0.15, 0.2) is 29.2 Å². The van der Waals surface area contributed by atoms with Gasteiger partial charge in [0.25, 0.3) is 5.56 Å². The zero-order chi connectivity index (χ0) is 13.0. The smallest absolute Gasteiger partial charge is 0.250 e. The standard InChI is InChI=1S/C13H18N2O3/c16-11-4-3-8-15(10-11)13(18)6-9-14-7-2-1-5-12(14)17/h1-2,5,7,11,16H,3-4,6,8-10H2/t11-/m0/s1. The molecular weight excluding hydrogens is 232 g/mol. The minimum absolute atomic E-state index is 0.00417. The van der Waals surface area contributed by atoms with E-state index >= 15 is 0 Å². The summed E-state index contributed by atoms with van der Waals surface area (Å²) < 4.78 is 1.53. The number of carbonyl (C=O) groups is 1. The number of β-amino-alcohol motifs (C(OH)–C–C–N with tert-alkyl or cyclic N) is 1. The molecule has 1 aromatic heterocycles. The number of aliphatic hydroxyl groups excluding tert-OH is 1. The summed E-state index contributed by atoms with van der Waals surface area (Å²) in [6, 6.07) is 4.94. The third-order valence-corrected chi connectivity index (χ3v) is 3.21. The van der Waals surface area contributed by atoms with Crippen LogP contribution in [-0.2, 0) is 11.3 Å². The van der Waals surface area contributed by atoms with Gasteiger partial charge < -0.3 is 14.6 Å². The molecule has 18 heavy (non-hydrogen) atoms. The molecule has 1 N–H and O–H groups in total. The van der Waals surface area contributed by atoms with Crippen LogP contribution >= 0.6 is 0 Å².